The molecule has 5 aliphatic carbocycles. The Labute approximate surface area is 243 Å². The van der Waals surface area contributed by atoms with E-state index in [-0.39, 0.29) is 44.7 Å². The van der Waals surface area contributed by atoms with Gasteiger partial charge in [-0.3, -0.25) is 9.59 Å². The smallest absolute Gasteiger partial charge is 0.310 e. The van der Waals surface area contributed by atoms with Crippen molar-refractivity contribution in [2.75, 3.05) is 0 Å². The van der Waals surface area contributed by atoms with Crippen molar-refractivity contribution in [1.29, 1.82) is 0 Å². The number of ketones is 1. The fourth-order valence-electron chi connectivity index (χ4n) is 13.4. The van der Waals surface area contributed by atoms with E-state index in [1.54, 1.807) is 0 Å². The number of fused-ring (bicyclic) bond motifs is 7. The van der Waals surface area contributed by atoms with E-state index in [0.29, 0.717) is 54.8 Å². The van der Waals surface area contributed by atoms with E-state index in [2.05, 4.69) is 48.5 Å². The van der Waals surface area contributed by atoms with Gasteiger partial charge in [0, 0.05) is 17.3 Å². The first-order valence-corrected chi connectivity index (χ1v) is 16.9. The van der Waals surface area contributed by atoms with Gasteiger partial charge in [0.25, 0.3) is 0 Å². The minimum atomic E-state index is -0.961. The van der Waals surface area contributed by atoms with Gasteiger partial charge in [-0.05, 0) is 122 Å². The zero-order valence-corrected chi connectivity index (χ0v) is 26.7. The van der Waals surface area contributed by atoms with Crippen LogP contribution in [0.5, 0.6) is 0 Å². The first-order chi connectivity index (χ1) is 18.7. The molecule has 1 aliphatic heterocycles. The minimum absolute atomic E-state index is 0.0931. The van der Waals surface area contributed by atoms with E-state index in [1.807, 2.05) is 6.92 Å². The maximum atomic E-state index is 13.8. The summed E-state index contributed by atoms with van der Waals surface area (Å²) in [7, 11) is 0. The van der Waals surface area contributed by atoms with Crippen molar-refractivity contribution >= 4 is 18.0 Å². The molecule has 0 aromatic carbocycles. The Morgan fingerprint density at radius 2 is 1.57 bits per heavy atom. The average Bonchev–Trinajstić information content (AvgIpc) is 3.29. The molecule has 0 N–H and O–H groups in total. The van der Waals surface area contributed by atoms with Gasteiger partial charge >= 0.3 is 5.97 Å². The zero-order valence-electron chi connectivity index (χ0n) is 26.7. The van der Waals surface area contributed by atoms with Gasteiger partial charge in [-0.15, -0.1) is 0 Å². The number of rotatable bonds is 3. The third kappa shape index (κ3) is 3.29. The molecule has 1 heterocycles. The lowest BCUT2D eigenvalue weighted by molar-refractivity contribution is -0.267. The molecule has 6 aliphatic rings. The van der Waals surface area contributed by atoms with Crippen molar-refractivity contribution in [3.63, 3.8) is 0 Å². The van der Waals surface area contributed by atoms with Gasteiger partial charge < -0.3 is 9.53 Å². The van der Waals surface area contributed by atoms with Crippen LogP contribution >= 0.6 is 0 Å². The van der Waals surface area contributed by atoms with Crippen LogP contribution in [-0.4, -0.2) is 23.6 Å². The van der Waals surface area contributed by atoms with Crippen molar-refractivity contribution in [3.05, 3.63) is 0 Å². The highest BCUT2D eigenvalue weighted by atomic mass is 16.6. The molecule has 40 heavy (non-hydrogen) atoms. The zero-order chi connectivity index (χ0) is 29.1. The molecule has 0 bridgehead atoms. The van der Waals surface area contributed by atoms with Crippen LogP contribution in [-0.2, 0) is 19.1 Å². The molecule has 0 aromatic heterocycles. The molecule has 6 rings (SSSR count). The van der Waals surface area contributed by atoms with E-state index < -0.39 is 5.60 Å². The first-order valence-electron chi connectivity index (χ1n) is 16.9. The van der Waals surface area contributed by atoms with Crippen molar-refractivity contribution in [1.82, 2.24) is 0 Å². The molecule has 6 fully saturated rings. The van der Waals surface area contributed by atoms with Gasteiger partial charge in [-0.1, -0.05) is 55.4 Å². The van der Waals surface area contributed by atoms with Crippen LogP contribution in [0.2, 0.25) is 0 Å². The standard InChI is InChI=1S/C36H56O4/c1-9-23-20-28(38)36(40-30(23)39)19-16-32(6)26(31(36,4)5)13-14-34(8)27(32)11-10-25-29-24(22(2)3)12-15-35(29,21-37)18-17-33(25,34)7/h21-27,29H,9-20H2,1-8H3/t23?,24-,25+,26-,27+,29+,32-,33+,34+,35+,36?/m0/s1. The fourth-order valence-corrected chi connectivity index (χ4v) is 13.4. The molecule has 1 saturated heterocycles. The van der Waals surface area contributed by atoms with E-state index >= 15 is 0 Å². The molecule has 11 atom stereocenters. The summed E-state index contributed by atoms with van der Waals surface area (Å²) in [5, 5.41) is 0. The molecule has 0 aromatic rings. The monoisotopic (exact) mass is 552 g/mol. The Kier molecular flexibility index (Phi) is 6.44. The van der Waals surface area contributed by atoms with E-state index in [1.165, 1.54) is 38.4 Å². The number of aldehydes is 1. The van der Waals surface area contributed by atoms with Gasteiger partial charge in [0.15, 0.2) is 11.4 Å². The molecular formula is C36H56O4. The highest BCUT2D eigenvalue weighted by Crippen LogP contribution is 2.78. The summed E-state index contributed by atoms with van der Waals surface area (Å²) in [6.07, 6.45) is 13.4. The molecule has 4 heteroatoms. The summed E-state index contributed by atoms with van der Waals surface area (Å²) >= 11 is 0. The van der Waals surface area contributed by atoms with Crippen LogP contribution in [0.25, 0.3) is 0 Å². The van der Waals surface area contributed by atoms with Gasteiger partial charge in [0.2, 0.25) is 0 Å². The topological polar surface area (TPSA) is 60.4 Å². The molecule has 0 radical (unpaired) electrons. The largest absolute Gasteiger partial charge is 0.450 e. The number of Topliss-reactive ketones (excluding diaryl/α,β-unsaturated/α-hetero) is 1. The number of carbonyl (C=O) groups is 3. The number of hydrogen-bond acceptors (Lipinski definition) is 4. The third-order valence-corrected chi connectivity index (χ3v) is 15.8. The Bertz CT molecular complexity index is 1090. The molecule has 5 saturated carbocycles. The molecule has 4 nitrogen and oxygen atoms in total. The van der Waals surface area contributed by atoms with Crippen molar-refractivity contribution in [2.24, 2.45) is 68.5 Å². The minimum Gasteiger partial charge on any atom is -0.450 e. The SMILES string of the molecule is CCC1CC(=O)C2(CC[C@]3(C)[C@H]4CC[C@@H]5[C@H]6[C@H](C(C)C)CC[C@]6(C=O)CC[C@@]5(C)[C@]4(C)CC[C@H]3C2(C)C)OC1=O. The number of hydrogen-bond donors (Lipinski definition) is 0. The molecular weight excluding hydrogens is 496 g/mol. The van der Waals surface area contributed by atoms with Crippen molar-refractivity contribution in [2.45, 2.75) is 138 Å². The second kappa shape index (κ2) is 8.91. The highest BCUT2D eigenvalue weighted by Gasteiger charge is 2.74. The lowest BCUT2D eigenvalue weighted by Crippen LogP contribution is -2.71. The Morgan fingerprint density at radius 3 is 2.23 bits per heavy atom. The van der Waals surface area contributed by atoms with Gasteiger partial charge in [0.05, 0.1) is 5.92 Å². The lowest BCUT2D eigenvalue weighted by atomic mass is 9.31. The number of esters is 1. The van der Waals surface area contributed by atoms with Crippen LogP contribution in [0, 0.1) is 68.5 Å². The summed E-state index contributed by atoms with van der Waals surface area (Å²) in [6, 6.07) is 0. The van der Waals surface area contributed by atoms with Gasteiger partial charge in [-0.25, -0.2) is 0 Å². The molecule has 1 spiro atoms. The third-order valence-electron chi connectivity index (χ3n) is 15.8. The van der Waals surface area contributed by atoms with Crippen LogP contribution in [0.1, 0.15) is 132 Å². The Morgan fingerprint density at radius 1 is 0.850 bits per heavy atom. The van der Waals surface area contributed by atoms with E-state index in [4.69, 9.17) is 4.74 Å². The molecule has 2 unspecified atom stereocenters. The quantitative estimate of drug-likeness (QED) is 0.261. The maximum absolute atomic E-state index is 13.8. The fraction of sp³-hybridized carbons (Fsp3) is 0.917. The average molecular weight is 553 g/mol. The van der Waals surface area contributed by atoms with Crippen LogP contribution in [0.4, 0.5) is 0 Å². The number of ether oxygens (including phenoxy) is 1. The van der Waals surface area contributed by atoms with Crippen LogP contribution < -0.4 is 0 Å². The number of carbonyl (C=O) groups excluding carboxylic acids is 3. The van der Waals surface area contributed by atoms with E-state index in [0.717, 1.165) is 25.7 Å². The summed E-state index contributed by atoms with van der Waals surface area (Å²) in [6.45, 7) is 19.1. The summed E-state index contributed by atoms with van der Waals surface area (Å²) in [5.41, 5.74) is -0.850. The summed E-state index contributed by atoms with van der Waals surface area (Å²) in [4.78, 5) is 39.6. The maximum Gasteiger partial charge on any atom is 0.310 e. The summed E-state index contributed by atoms with van der Waals surface area (Å²) in [5.74, 6) is 3.15. The second-order valence-electron chi connectivity index (χ2n) is 17.2. The van der Waals surface area contributed by atoms with Gasteiger partial charge in [0.1, 0.15) is 6.29 Å². The Hall–Kier alpha value is -1.19. The lowest BCUT2D eigenvalue weighted by Gasteiger charge is -2.73. The van der Waals surface area contributed by atoms with Crippen LogP contribution in [0.15, 0.2) is 0 Å². The van der Waals surface area contributed by atoms with Gasteiger partial charge in [-0.2, -0.15) is 0 Å². The second-order valence-corrected chi connectivity index (χ2v) is 17.2. The predicted octanol–water partition coefficient (Wildman–Crippen LogP) is 8.20. The van der Waals surface area contributed by atoms with Crippen molar-refractivity contribution in [3.8, 4) is 0 Å². The Balaban J connectivity index is 1.35. The van der Waals surface area contributed by atoms with Crippen LogP contribution in [0.3, 0.4) is 0 Å². The normalized spacial score (nSPS) is 53.3. The first kappa shape index (κ1) is 28.9. The van der Waals surface area contributed by atoms with E-state index in [9.17, 15) is 14.4 Å². The molecule has 224 valence electrons. The summed E-state index contributed by atoms with van der Waals surface area (Å²) < 4.78 is 6.29. The predicted molar refractivity (Wildman–Crippen MR) is 157 cm³/mol. The van der Waals surface area contributed by atoms with Crippen molar-refractivity contribution < 1.29 is 19.1 Å². The molecule has 0 amide bonds. The highest BCUT2D eigenvalue weighted by molar-refractivity contribution is 5.96.